The largest absolute Gasteiger partial charge is 0.380 e. The molecule has 1 amide bonds. The van der Waals surface area contributed by atoms with Gasteiger partial charge in [0.1, 0.15) is 11.6 Å². The lowest BCUT2D eigenvalue weighted by atomic mass is 10.1. The number of hydrogen-bond donors (Lipinski definition) is 1. The molecule has 5 nitrogen and oxygen atoms in total. The summed E-state index contributed by atoms with van der Waals surface area (Å²) in [5.74, 6) is 0.123. The normalized spacial score (nSPS) is 15.4. The number of benzene rings is 2. The van der Waals surface area contributed by atoms with E-state index in [1.165, 1.54) is 14.6 Å². The summed E-state index contributed by atoms with van der Waals surface area (Å²) < 4.78 is 6.37. The molecule has 1 aliphatic heterocycles. The van der Waals surface area contributed by atoms with Crippen molar-refractivity contribution in [1.82, 2.24) is 9.88 Å². The maximum absolute atomic E-state index is 12.7. The first-order chi connectivity index (χ1) is 13.2. The molecule has 6 heteroatoms. The number of quaternary nitrogens is 1. The number of nitrogens with zero attached hydrogens (tertiary/aromatic N) is 2. The lowest BCUT2D eigenvalue weighted by molar-refractivity contribution is -0.917. The van der Waals surface area contributed by atoms with Gasteiger partial charge in [0, 0.05) is 12.7 Å². The van der Waals surface area contributed by atoms with E-state index >= 15 is 0 Å². The molecule has 1 aromatic heterocycles. The molecular formula is C21H24N3O2S+. The van der Waals surface area contributed by atoms with Crippen molar-refractivity contribution < 1.29 is 14.4 Å². The maximum Gasteiger partial charge on any atom is 0.254 e. The standard InChI is InChI=1S/C21H23N3O2S/c1-26-15-16-6-8-17(9-7-16)21(25)24-12-10-23(11-13-24)14-20-22-18-4-2-3-5-19(18)27-20/h2-9H,10-15H2,1H3/p+1. The number of para-hydroxylation sites is 1. The Kier molecular flexibility index (Phi) is 5.48. The van der Waals surface area contributed by atoms with E-state index in [-0.39, 0.29) is 5.91 Å². The second-order valence-corrected chi connectivity index (χ2v) is 8.04. The summed E-state index contributed by atoms with van der Waals surface area (Å²) in [6.07, 6.45) is 0. The maximum atomic E-state index is 12.7. The van der Waals surface area contributed by atoms with E-state index in [0.29, 0.717) is 6.61 Å². The van der Waals surface area contributed by atoms with Crippen LogP contribution in [0.15, 0.2) is 48.5 Å². The summed E-state index contributed by atoms with van der Waals surface area (Å²) in [5.41, 5.74) is 2.92. The zero-order valence-corrected chi connectivity index (χ0v) is 16.3. The Morgan fingerprint density at radius 2 is 1.89 bits per heavy atom. The third-order valence-electron chi connectivity index (χ3n) is 5.01. The molecule has 2 aromatic carbocycles. The number of methoxy groups -OCH3 is 1. The van der Waals surface area contributed by atoms with E-state index in [1.807, 2.05) is 35.2 Å². The van der Waals surface area contributed by atoms with Crippen molar-refractivity contribution in [3.8, 4) is 0 Å². The first kappa shape index (κ1) is 18.1. The fraction of sp³-hybridized carbons (Fsp3) is 0.333. The molecule has 0 spiro atoms. The molecule has 4 rings (SSSR count). The highest BCUT2D eigenvalue weighted by molar-refractivity contribution is 7.18. The first-order valence-corrected chi connectivity index (χ1v) is 10.1. The minimum absolute atomic E-state index is 0.123. The summed E-state index contributed by atoms with van der Waals surface area (Å²) in [6.45, 7) is 5.01. The molecule has 0 saturated carbocycles. The third kappa shape index (κ3) is 4.18. The smallest absolute Gasteiger partial charge is 0.254 e. The van der Waals surface area contributed by atoms with Gasteiger partial charge in [-0.2, -0.15) is 0 Å². The zero-order valence-electron chi connectivity index (χ0n) is 15.5. The van der Waals surface area contributed by atoms with Crippen molar-refractivity contribution in [2.75, 3.05) is 33.3 Å². The van der Waals surface area contributed by atoms with Crippen LogP contribution in [0.1, 0.15) is 20.9 Å². The van der Waals surface area contributed by atoms with Crippen LogP contribution in [0.25, 0.3) is 10.2 Å². The Hall–Kier alpha value is -2.28. The highest BCUT2D eigenvalue weighted by Crippen LogP contribution is 2.20. The summed E-state index contributed by atoms with van der Waals surface area (Å²) in [5, 5.41) is 1.18. The highest BCUT2D eigenvalue weighted by atomic mass is 32.1. The van der Waals surface area contributed by atoms with E-state index in [4.69, 9.17) is 9.72 Å². The lowest BCUT2D eigenvalue weighted by Gasteiger charge is -2.31. The van der Waals surface area contributed by atoms with Crippen LogP contribution in [0, 0.1) is 0 Å². The number of hydrogen-bond acceptors (Lipinski definition) is 4. The van der Waals surface area contributed by atoms with Crippen molar-refractivity contribution in [3.63, 3.8) is 0 Å². The Morgan fingerprint density at radius 3 is 2.59 bits per heavy atom. The Labute approximate surface area is 163 Å². The van der Waals surface area contributed by atoms with Gasteiger partial charge in [0.15, 0.2) is 0 Å². The summed E-state index contributed by atoms with van der Waals surface area (Å²) in [6, 6.07) is 16.0. The minimum Gasteiger partial charge on any atom is -0.380 e. The third-order valence-corrected chi connectivity index (χ3v) is 6.05. The molecule has 1 aliphatic rings. The Balaban J connectivity index is 1.33. The van der Waals surface area contributed by atoms with Gasteiger partial charge in [-0.1, -0.05) is 24.3 Å². The number of nitrogens with one attached hydrogen (secondary N) is 1. The minimum atomic E-state index is 0.123. The van der Waals surface area contributed by atoms with Crippen LogP contribution in [0.2, 0.25) is 0 Å². The average molecular weight is 383 g/mol. The van der Waals surface area contributed by atoms with Gasteiger partial charge in [0.05, 0.1) is 43.0 Å². The highest BCUT2D eigenvalue weighted by Gasteiger charge is 2.25. The predicted octanol–water partition coefficient (Wildman–Crippen LogP) is 1.98. The number of amides is 1. The molecule has 2 heterocycles. The number of fused-ring (bicyclic) bond motifs is 1. The predicted molar refractivity (Wildman–Crippen MR) is 107 cm³/mol. The summed E-state index contributed by atoms with van der Waals surface area (Å²) >= 11 is 1.78. The van der Waals surface area contributed by atoms with Gasteiger partial charge in [-0.3, -0.25) is 4.79 Å². The summed E-state index contributed by atoms with van der Waals surface area (Å²) in [7, 11) is 1.68. The van der Waals surface area contributed by atoms with Gasteiger partial charge in [0.2, 0.25) is 0 Å². The van der Waals surface area contributed by atoms with Crippen LogP contribution >= 0.6 is 11.3 Å². The molecule has 1 fully saturated rings. The van der Waals surface area contributed by atoms with Crippen LogP contribution < -0.4 is 4.90 Å². The van der Waals surface area contributed by atoms with Crippen LogP contribution in [0.4, 0.5) is 0 Å². The number of carbonyl (C=O) groups is 1. The molecule has 0 unspecified atom stereocenters. The van der Waals surface area contributed by atoms with Gasteiger partial charge < -0.3 is 14.5 Å². The van der Waals surface area contributed by atoms with Gasteiger partial charge in [-0.25, -0.2) is 4.98 Å². The lowest BCUT2D eigenvalue weighted by Crippen LogP contribution is -3.13. The number of rotatable bonds is 5. The Morgan fingerprint density at radius 1 is 1.15 bits per heavy atom. The van der Waals surface area contributed by atoms with Gasteiger partial charge in [-0.05, 0) is 29.8 Å². The number of carbonyl (C=O) groups excluding carboxylic acids is 1. The molecular weight excluding hydrogens is 358 g/mol. The van der Waals surface area contributed by atoms with Crippen molar-refractivity contribution in [1.29, 1.82) is 0 Å². The van der Waals surface area contributed by atoms with Gasteiger partial charge in [-0.15, -0.1) is 11.3 Å². The van der Waals surface area contributed by atoms with Crippen molar-refractivity contribution in [2.24, 2.45) is 0 Å². The van der Waals surface area contributed by atoms with Crippen LogP contribution in [-0.4, -0.2) is 49.1 Å². The SMILES string of the molecule is COCc1ccc(C(=O)N2CC[NH+](Cc3nc4ccccc4s3)CC2)cc1. The van der Waals surface area contributed by atoms with Crippen LogP contribution in [-0.2, 0) is 17.9 Å². The zero-order chi connectivity index (χ0) is 18.6. The number of aromatic nitrogens is 1. The topological polar surface area (TPSA) is 46.9 Å². The molecule has 0 bridgehead atoms. The van der Waals surface area contributed by atoms with E-state index in [0.717, 1.165) is 49.4 Å². The number of ether oxygens (including phenoxy) is 1. The molecule has 140 valence electrons. The second kappa shape index (κ2) is 8.17. The molecule has 3 aromatic rings. The van der Waals surface area contributed by atoms with E-state index in [2.05, 4.69) is 18.2 Å². The van der Waals surface area contributed by atoms with Crippen molar-refractivity contribution >= 4 is 27.5 Å². The molecule has 0 aliphatic carbocycles. The average Bonchev–Trinajstić information content (AvgIpc) is 3.11. The van der Waals surface area contributed by atoms with Crippen molar-refractivity contribution in [3.05, 3.63) is 64.7 Å². The monoisotopic (exact) mass is 382 g/mol. The Bertz CT molecular complexity index is 882. The van der Waals surface area contributed by atoms with E-state index < -0.39 is 0 Å². The molecule has 0 radical (unpaired) electrons. The second-order valence-electron chi connectivity index (χ2n) is 6.92. The quantitative estimate of drug-likeness (QED) is 0.734. The molecule has 27 heavy (non-hydrogen) atoms. The molecule has 1 saturated heterocycles. The van der Waals surface area contributed by atoms with E-state index in [1.54, 1.807) is 18.4 Å². The summed E-state index contributed by atoms with van der Waals surface area (Å²) in [4.78, 5) is 20.9. The van der Waals surface area contributed by atoms with Gasteiger partial charge >= 0.3 is 0 Å². The van der Waals surface area contributed by atoms with E-state index in [9.17, 15) is 4.79 Å². The number of piperazine rings is 1. The molecule has 0 atom stereocenters. The van der Waals surface area contributed by atoms with Crippen LogP contribution in [0.5, 0.6) is 0 Å². The first-order valence-electron chi connectivity index (χ1n) is 9.28. The fourth-order valence-corrected chi connectivity index (χ4v) is 4.54. The van der Waals surface area contributed by atoms with Crippen molar-refractivity contribution in [2.45, 2.75) is 13.2 Å². The van der Waals surface area contributed by atoms with Gasteiger partial charge in [0.25, 0.3) is 5.91 Å². The van der Waals surface area contributed by atoms with Crippen LogP contribution in [0.3, 0.4) is 0 Å². The molecule has 1 N–H and O–H groups in total. The fourth-order valence-electron chi connectivity index (χ4n) is 3.51. The number of thiazole rings is 1.